The first-order valence-corrected chi connectivity index (χ1v) is 10.1. The highest BCUT2D eigenvalue weighted by Gasteiger charge is 2.23. The third-order valence-electron chi connectivity index (χ3n) is 5.07. The lowest BCUT2D eigenvalue weighted by atomic mass is 9.91. The third-order valence-corrected chi connectivity index (χ3v) is 5.07. The van der Waals surface area contributed by atoms with Gasteiger partial charge in [0, 0.05) is 30.2 Å². The Labute approximate surface area is 180 Å². The van der Waals surface area contributed by atoms with Crippen molar-refractivity contribution in [3.05, 3.63) is 30.0 Å². The summed E-state index contributed by atoms with van der Waals surface area (Å²) in [4.78, 5) is 8.82. The van der Waals surface area contributed by atoms with Crippen LogP contribution in [0.4, 0.5) is 23.1 Å². The quantitative estimate of drug-likeness (QED) is 0.179. The molecule has 1 unspecified atom stereocenters. The Morgan fingerprint density at radius 1 is 1.35 bits per heavy atom. The number of hydrogen-bond donors (Lipinski definition) is 7. The van der Waals surface area contributed by atoms with Gasteiger partial charge in [-0.1, -0.05) is 12.8 Å². The van der Waals surface area contributed by atoms with Crippen LogP contribution in [0.25, 0.3) is 0 Å². The number of aliphatic hydroxyl groups is 1. The highest BCUT2D eigenvalue weighted by molar-refractivity contribution is 6.14. The van der Waals surface area contributed by atoms with E-state index in [-0.39, 0.29) is 12.1 Å². The fourth-order valence-electron chi connectivity index (χ4n) is 3.44. The Kier molecular flexibility index (Phi) is 7.70. The predicted octanol–water partition coefficient (Wildman–Crippen LogP) is 1.91. The van der Waals surface area contributed by atoms with Crippen LogP contribution in [0.2, 0.25) is 0 Å². The molecule has 0 aliphatic heterocycles. The summed E-state index contributed by atoms with van der Waals surface area (Å²) in [5.74, 6) is 1.36. The number of hydrogen-bond acceptors (Lipinski definition) is 11. The fraction of sp³-hybridized carbons (Fsp3) is 0.400. The molecule has 0 amide bonds. The van der Waals surface area contributed by atoms with Crippen LogP contribution in [0.15, 0.2) is 29.5 Å². The van der Waals surface area contributed by atoms with Gasteiger partial charge >= 0.3 is 0 Å². The summed E-state index contributed by atoms with van der Waals surface area (Å²) in [6.45, 7) is 0. The van der Waals surface area contributed by atoms with E-state index >= 15 is 0 Å². The van der Waals surface area contributed by atoms with E-state index in [4.69, 9.17) is 21.6 Å². The Morgan fingerprint density at radius 2 is 2.16 bits per heavy atom. The second kappa shape index (κ2) is 10.7. The molecule has 1 heterocycles. The van der Waals surface area contributed by atoms with Crippen molar-refractivity contribution >= 4 is 35.6 Å². The van der Waals surface area contributed by atoms with E-state index in [1.807, 2.05) is 0 Å². The number of rotatable bonds is 9. The highest BCUT2D eigenvalue weighted by atomic mass is 16.5. The van der Waals surface area contributed by atoms with E-state index in [9.17, 15) is 5.11 Å². The zero-order valence-corrected chi connectivity index (χ0v) is 17.4. The molecule has 166 valence electrons. The van der Waals surface area contributed by atoms with Crippen molar-refractivity contribution in [2.24, 2.45) is 16.6 Å². The van der Waals surface area contributed by atoms with E-state index in [1.54, 1.807) is 25.3 Å². The van der Waals surface area contributed by atoms with Crippen molar-refractivity contribution in [3.63, 3.8) is 0 Å². The molecule has 3 rings (SSSR count). The van der Waals surface area contributed by atoms with Gasteiger partial charge in [-0.25, -0.2) is 4.98 Å². The first-order valence-electron chi connectivity index (χ1n) is 10.1. The summed E-state index contributed by atoms with van der Waals surface area (Å²) in [6.07, 6.45) is 6.77. The Hall–Kier alpha value is -3.28. The van der Waals surface area contributed by atoms with Gasteiger partial charge in [-0.15, -0.1) is 0 Å². The zero-order valence-electron chi connectivity index (χ0n) is 17.4. The highest BCUT2D eigenvalue weighted by Crippen LogP contribution is 2.31. The maximum Gasteiger partial charge on any atom is 0.224 e. The summed E-state index contributed by atoms with van der Waals surface area (Å²) in [7, 11) is 1.55. The van der Waals surface area contributed by atoms with Crippen LogP contribution in [0, 0.1) is 5.41 Å². The van der Waals surface area contributed by atoms with Gasteiger partial charge in [-0.05, 0) is 31.0 Å². The van der Waals surface area contributed by atoms with Crippen molar-refractivity contribution in [2.75, 3.05) is 23.2 Å². The smallest absolute Gasteiger partial charge is 0.224 e. The molecule has 1 saturated carbocycles. The maximum atomic E-state index is 9.96. The lowest BCUT2D eigenvalue weighted by Crippen LogP contribution is -2.43. The molecule has 3 atom stereocenters. The minimum atomic E-state index is -1.25. The SMILES string of the molecule is COc1ccc(Nc2nc(N[C@@H]3CCCC[C@@H]3N)ncc2C(N)O)cc1N/N=C\C=N. The van der Waals surface area contributed by atoms with Gasteiger partial charge in [0.1, 0.15) is 23.5 Å². The first kappa shape index (κ1) is 22.4. The molecule has 1 fully saturated rings. The number of methoxy groups -OCH3 is 1. The molecular formula is C20H29N9O2. The number of anilines is 4. The van der Waals surface area contributed by atoms with Gasteiger partial charge in [-0.3, -0.25) is 5.43 Å². The standard InChI is InChI=1S/C20H29N9O2/c1-31-17-7-6-12(10-16(17)29-25-9-8-21)26-19-13(18(23)30)11-24-20(28-19)27-15-5-3-2-4-14(15)22/h6-11,14-15,18,21,29-30H,2-5,22-23H2,1H3,(H2,24,26,27,28)/b21-8?,25-9-/t14-,15+,18?/m0/s1. The molecule has 9 N–H and O–H groups in total. The lowest BCUT2D eigenvalue weighted by Gasteiger charge is -2.29. The van der Waals surface area contributed by atoms with E-state index in [1.165, 1.54) is 12.4 Å². The van der Waals surface area contributed by atoms with Crippen molar-refractivity contribution < 1.29 is 9.84 Å². The number of ether oxygens (including phenoxy) is 1. The molecule has 1 aliphatic carbocycles. The molecule has 1 aliphatic rings. The minimum absolute atomic E-state index is 0.0466. The lowest BCUT2D eigenvalue weighted by molar-refractivity contribution is 0.186. The minimum Gasteiger partial charge on any atom is -0.495 e. The molecule has 0 saturated heterocycles. The van der Waals surface area contributed by atoms with Crippen LogP contribution in [0.3, 0.4) is 0 Å². The summed E-state index contributed by atoms with van der Waals surface area (Å²) in [5.41, 5.74) is 16.3. The number of aliphatic hydroxyl groups excluding tert-OH is 1. The van der Waals surface area contributed by atoms with Crippen LogP contribution in [0.5, 0.6) is 5.75 Å². The molecule has 31 heavy (non-hydrogen) atoms. The first-order chi connectivity index (χ1) is 15.0. The average Bonchev–Trinajstić information content (AvgIpc) is 2.76. The van der Waals surface area contributed by atoms with Crippen LogP contribution < -0.4 is 32.3 Å². The molecule has 11 heteroatoms. The summed E-state index contributed by atoms with van der Waals surface area (Å²) < 4.78 is 5.33. The molecule has 11 nitrogen and oxygen atoms in total. The fourth-order valence-corrected chi connectivity index (χ4v) is 3.44. The van der Waals surface area contributed by atoms with E-state index in [2.05, 4.69) is 31.1 Å². The van der Waals surface area contributed by atoms with Gasteiger partial charge in [0.2, 0.25) is 5.95 Å². The second-order valence-corrected chi connectivity index (χ2v) is 7.24. The van der Waals surface area contributed by atoms with Crippen LogP contribution in [-0.2, 0) is 0 Å². The van der Waals surface area contributed by atoms with Crippen LogP contribution >= 0.6 is 0 Å². The van der Waals surface area contributed by atoms with Crippen LogP contribution in [-0.4, -0.2) is 46.7 Å². The molecule has 0 radical (unpaired) electrons. The average molecular weight is 428 g/mol. The number of benzene rings is 1. The Balaban J connectivity index is 1.85. The predicted molar refractivity (Wildman–Crippen MR) is 122 cm³/mol. The number of nitrogens with two attached hydrogens (primary N) is 2. The zero-order chi connectivity index (χ0) is 22.2. The van der Waals surface area contributed by atoms with Crippen molar-refractivity contribution in [1.82, 2.24) is 9.97 Å². The van der Waals surface area contributed by atoms with Gasteiger partial charge < -0.3 is 37.4 Å². The number of nitrogens with zero attached hydrogens (tertiary/aromatic N) is 3. The van der Waals surface area contributed by atoms with Crippen molar-refractivity contribution in [2.45, 2.75) is 44.0 Å². The summed E-state index contributed by atoms with van der Waals surface area (Å²) >= 11 is 0. The largest absolute Gasteiger partial charge is 0.495 e. The van der Waals surface area contributed by atoms with Gasteiger partial charge in [0.05, 0.1) is 18.9 Å². The van der Waals surface area contributed by atoms with Gasteiger partial charge in [-0.2, -0.15) is 10.1 Å². The molecule has 1 aromatic heterocycles. The van der Waals surface area contributed by atoms with Crippen molar-refractivity contribution in [1.29, 1.82) is 5.41 Å². The second-order valence-electron chi connectivity index (χ2n) is 7.24. The Bertz CT molecular complexity index is 920. The van der Waals surface area contributed by atoms with E-state index in [0.717, 1.165) is 31.9 Å². The molecule has 0 spiro atoms. The number of aromatic nitrogens is 2. The van der Waals surface area contributed by atoms with E-state index in [0.29, 0.717) is 34.5 Å². The molecule has 0 bridgehead atoms. The molecule has 1 aromatic carbocycles. The Morgan fingerprint density at radius 3 is 2.87 bits per heavy atom. The number of nitrogens with one attached hydrogen (secondary N) is 4. The van der Waals surface area contributed by atoms with Gasteiger partial charge in [0.15, 0.2) is 0 Å². The topological polar surface area (TPSA) is 180 Å². The van der Waals surface area contributed by atoms with Crippen LogP contribution in [0.1, 0.15) is 37.5 Å². The third kappa shape index (κ3) is 5.87. The number of hydrazone groups is 1. The van der Waals surface area contributed by atoms with Crippen molar-refractivity contribution in [3.8, 4) is 5.75 Å². The van der Waals surface area contributed by atoms with E-state index < -0.39 is 6.23 Å². The maximum absolute atomic E-state index is 9.96. The summed E-state index contributed by atoms with van der Waals surface area (Å²) in [5, 5.41) is 27.4. The summed E-state index contributed by atoms with van der Waals surface area (Å²) in [6, 6.07) is 5.45. The van der Waals surface area contributed by atoms with Gasteiger partial charge in [0.25, 0.3) is 0 Å². The molecule has 2 aromatic rings. The normalized spacial score (nSPS) is 19.6. The molecular weight excluding hydrogens is 398 g/mol. The monoisotopic (exact) mass is 427 g/mol.